The Morgan fingerprint density at radius 1 is 1.15 bits per heavy atom. The van der Waals surface area contributed by atoms with Crippen molar-refractivity contribution in [1.29, 1.82) is 0 Å². The van der Waals surface area contributed by atoms with Crippen molar-refractivity contribution in [3.8, 4) is 0 Å². The van der Waals surface area contributed by atoms with Gasteiger partial charge in [0.1, 0.15) is 5.58 Å². The van der Waals surface area contributed by atoms with E-state index in [0.717, 1.165) is 28.3 Å². The predicted octanol–water partition coefficient (Wildman–Crippen LogP) is 4.34. The van der Waals surface area contributed by atoms with Crippen molar-refractivity contribution in [1.82, 2.24) is 0 Å². The summed E-state index contributed by atoms with van der Waals surface area (Å²) in [5, 5.41) is 2.62. The maximum Gasteiger partial charge on any atom is 0.344 e. The molecule has 0 spiro atoms. The van der Waals surface area contributed by atoms with Crippen LogP contribution in [0.5, 0.6) is 0 Å². The van der Waals surface area contributed by atoms with Gasteiger partial charge in [-0.25, -0.2) is 4.79 Å². The van der Waals surface area contributed by atoms with E-state index in [0.29, 0.717) is 16.8 Å². The van der Waals surface area contributed by atoms with Crippen LogP contribution in [0.4, 0.5) is 0 Å². The molecule has 0 radical (unpaired) electrons. The van der Waals surface area contributed by atoms with Gasteiger partial charge in [0.25, 0.3) is 0 Å². The number of rotatable bonds is 2. The Bertz CT molecular complexity index is 862. The maximum absolute atomic E-state index is 12.3. The van der Waals surface area contributed by atoms with Gasteiger partial charge < -0.3 is 4.42 Å². The lowest BCUT2D eigenvalue weighted by molar-refractivity contribution is 0.569. The molecular formula is C17H15ClO2. The third-order valence-electron chi connectivity index (χ3n) is 3.86. The molecule has 0 N–H and O–H groups in total. The van der Waals surface area contributed by atoms with Crippen LogP contribution in [0.3, 0.4) is 0 Å². The highest BCUT2D eigenvalue weighted by molar-refractivity contribution is 6.18. The quantitative estimate of drug-likeness (QED) is 0.398. The molecule has 3 heteroatoms. The van der Waals surface area contributed by atoms with Gasteiger partial charge in [0, 0.05) is 16.7 Å². The number of hydrogen-bond donors (Lipinski definition) is 0. The second-order valence-corrected chi connectivity index (χ2v) is 5.42. The second kappa shape index (κ2) is 4.95. The summed E-state index contributed by atoms with van der Waals surface area (Å²) in [6, 6.07) is 9.72. The summed E-state index contributed by atoms with van der Waals surface area (Å²) < 4.78 is 5.44. The van der Waals surface area contributed by atoms with Gasteiger partial charge in [-0.2, -0.15) is 0 Å². The molecule has 2 aromatic carbocycles. The lowest BCUT2D eigenvalue weighted by Crippen LogP contribution is -2.06. The minimum absolute atomic E-state index is 0.271. The van der Waals surface area contributed by atoms with Crippen molar-refractivity contribution < 1.29 is 4.42 Å². The molecule has 0 saturated carbocycles. The van der Waals surface area contributed by atoms with E-state index in [4.69, 9.17) is 16.0 Å². The summed E-state index contributed by atoms with van der Waals surface area (Å²) in [6.45, 7) is 4.04. The number of para-hydroxylation sites is 1. The van der Waals surface area contributed by atoms with Gasteiger partial charge in [0.15, 0.2) is 0 Å². The fourth-order valence-electron chi connectivity index (χ4n) is 2.91. The van der Waals surface area contributed by atoms with Crippen molar-refractivity contribution in [3.63, 3.8) is 0 Å². The summed E-state index contributed by atoms with van der Waals surface area (Å²) in [6.07, 6.45) is 0.765. The molecule has 0 aliphatic heterocycles. The monoisotopic (exact) mass is 286 g/mol. The van der Waals surface area contributed by atoms with E-state index in [1.807, 2.05) is 31.2 Å². The number of fused-ring (bicyclic) bond motifs is 3. The van der Waals surface area contributed by atoms with Gasteiger partial charge in [0.05, 0.1) is 5.39 Å². The third kappa shape index (κ3) is 1.92. The van der Waals surface area contributed by atoms with Crippen LogP contribution in [0.2, 0.25) is 0 Å². The van der Waals surface area contributed by atoms with Crippen LogP contribution in [0.25, 0.3) is 21.7 Å². The highest BCUT2D eigenvalue weighted by atomic mass is 35.5. The summed E-state index contributed by atoms with van der Waals surface area (Å²) in [7, 11) is 0. The molecule has 0 fully saturated rings. The highest BCUT2D eigenvalue weighted by Crippen LogP contribution is 2.29. The fourth-order valence-corrected chi connectivity index (χ4v) is 3.10. The zero-order valence-corrected chi connectivity index (χ0v) is 12.3. The highest BCUT2D eigenvalue weighted by Gasteiger charge is 2.14. The zero-order chi connectivity index (χ0) is 14.3. The SMILES string of the molecule is Cc1cc2c(c(C)c1CCCl)c(=O)oc1ccccc12. The lowest BCUT2D eigenvalue weighted by Gasteiger charge is -2.12. The first-order valence-electron chi connectivity index (χ1n) is 6.64. The van der Waals surface area contributed by atoms with Crippen LogP contribution >= 0.6 is 11.6 Å². The molecule has 0 aliphatic carbocycles. The van der Waals surface area contributed by atoms with E-state index in [-0.39, 0.29) is 5.63 Å². The van der Waals surface area contributed by atoms with Crippen LogP contribution in [-0.2, 0) is 6.42 Å². The molecule has 0 unspecified atom stereocenters. The Kier molecular flexibility index (Phi) is 3.27. The largest absolute Gasteiger partial charge is 0.422 e. The number of alkyl halides is 1. The molecule has 1 heterocycles. The normalized spacial score (nSPS) is 11.3. The van der Waals surface area contributed by atoms with Gasteiger partial charge >= 0.3 is 5.63 Å². The van der Waals surface area contributed by atoms with Crippen LogP contribution in [0.1, 0.15) is 16.7 Å². The minimum Gasteiger partial charge on any atom is -0.422 e. The van der Waals surface area contributed by atoms with Crippen molar-refractivity contribution in [2.24, 2.45) is 0 Å². The average molecular weight is 287 g/mol. The van der Waals surface area contributed by atoms with Gasteiger partial charge in [-0.3, -0.25) is 0 Å². The molecule has 0 bridgehead atoms. The van der Waals surface area contributed by atoms with Crippen molar-refractivity contribution in [2.75, 3.05) is 5.88 Å². The Labute approximate surface area is 122 Å². The summed E-state index contributed by atoms with van der Waals surface area (Å²) in [5.41, 5.74) is 3.67. The van der Waals surface area contributed by atoms with Crippen LogP contribution in [-0.4, -0.2) is 5.88 Å². The summed E-state index contributed by atoms with van der Waals surface area (Å²) in [5.74, 6) is 0.548. The molecule has 0 atom stereocenters. The standard InChI is InChI=1S/C17H15ClO2/c1-10-9-14-13-5-3-4-6-15(13)20-17(19)16(14)11(2)12(10)7-8-18/h3-6,9H,7-8H2,1-2H3. The minimum atomic E-state index is -0.271. The molecule has 3 rings (SSSR count). The number of hydrogen-bond acceptors (Lipinski definition) is 2. The molecule has 2 nitrogen and oxygen atoms in total. The van der Waals surface area contributed by atoms with Gasteiger partial charge in [-0.05, 0) is 43.0 Å². The fraction of sp³-hybridized carbons (Fsp3) is 0.235. The third-order valence-corrected chi connectivity index (χ3v) is 4.05. The maximum atomic E-state index is 12.3. The summed E-state index contributed by atoms with van der Waals surface area (Å²) >= 11 is 5.86. The van der Waals surface area contributed by atoms with E-state index >= 15 is 0 Å². The Balaban J connectivity index is 2.53. The molecule has 3 aromatic rings. The van der Waals surface area contributed by atoms with Crippen LogP contribution < -0.4 is 5.63 Å². The Morgan fingerprint density at radius 2 is 1.90 bits per heavy atom. The molecule has 0 amide bonds. The predicted molar refractivity (Wildman–Crippen MR) is 83.9 cm³/mol. The van der Waals surface area contributed by atoms with E-state index in [2.05, 4.69) is 13.0 Å². The zero-order valence-electron chi connectivity index (χ0n) is 11.5. The first-order chi connectivity index (χ1) is 9.63. The van der Waals surface area contributed by atoms with E-state index in [1.165, 1.54) is 5.56 Å². The van der Waals surface area contributed by atoms with E-state index < -0.39 is 0 Å². The molecule has 102 valence electrons. The number of benzene rings is 2. The lowest BCUT2D eigenvalue weighted by atomic mass is 9.93. The first-order valence-corrected chi connectivity index (χ1v) is 7.17. The molecule has 20 heavy (non-hydrogen) atoms. The van der Waals surface area contributed by atoms with Crippen molar-refractivity contribution in [2.45, 2.75) is 20.3 Å². The Morgan fingerprint density at radius 3 is 2.65 bits per heavy atom. The van der Waals surface area contributed by atoms with Gasteiger partial charge in [-0.1, -0.05) is 24.3 Å². The van der Waals surface area contributed by atoms with E-state index in [9.17, 15) is 4.79 Å². The number of aryl methyl sites for hydroxylation is 2. The first kappa shape index (κ1) is 13.2. The average Bonchev–Trinajstić information content (AvgIpc) is 2.43. The summed E-state index contributed by atoms with van der Waals surface area (Å²) in [4.78, 5) is 12.3. The van der Waals surface area contributed by atoms with Gasteiger partial charge in [-0.15, -0.1) is 11.6 Å². The van der Waals surface area contributed by atoms with Crippen LogP contribution in [0.15, 0.2) is 39.5 Å². The smallest absolute Gasteiger partial charge is 0.344 e. The van der Waals surface area contributed by atoms with Crippen molar-refractivity contribution >= 4 is 33.3 Å². The van der Waals surface area contributed by atoms with Crippen LogP contribution in [0, 0.1) is 13.8 Å². The van der Waals surface area contributed by atoms with E-state index in [1.54, 1.807) is 0 Å². The Hall–Kier alpha value is -1.80. The topological polar surface area (TPSA) is 30.2 Å². The molecule has 0 saturated heterocycles. The second-order valence-electron chi connectivity index (χ2n) is 5.04. The molecule has 1 aromatic heterocycles. The van der Waals surface area contributed by atoms with Crippen molar-refractivity contribution in [3.05, 3.63) is 57.4 Å². The van der Waals surface area contributed by atoms with Gasteiger partial charge in [0.2, 0.25) is 0 Å². The molecule has 0 aliphatic rings. The molecular weight excluding hydrogens is 272 g/mol. The number of halogens is 1.